The highest BCUT2D eigenvalue weighted by molar-refractivity contribution is 7.92. The zero-order valence-corrected chi connectivity index (χ0v) is 19.7. The summed E-state index contributed by atoms with van der Waals surface area (Å²) in [7, 11) is -3.78. The first-order valence-corrected chi connectivity index (χ1v) is 13.0. The Hall–Kier alpha value is -2.84. The van der Waals surface area contributed by atoms with Crippen molar-refractivity contribution in [1.82, 2.24) is 0 Å². The van der Waals surface area contributed by atoms with E-state index in [-0.39, 0.29) is 16.8 Å². The fourth-order valence-corrected chi connectivity index (χ4v) is 6.76. The van der Waals surface area contributed by atoms with Gasteiger partial charge in [0.05, 0.1) is 16.3 Å². The van der Waals surface area contributed by atoms with Gasteiger partial charge in [0.2, 0.25) is 5.91 Å². The van der Waals surface area contributed by atoms with Gasteiger partial charge in [-0.25, -0.2) is 8.42 Å². The van der Waals surface area contributed by atoms with E-state index in [4.69, 9.17) is 0 Å². The Bertz CT molecular complexity index is 1300. The van der Waals surface area contributed by atoms with Gasteiger partial charge in [0.1, 0.15) is 0 Å². The molecule has 3 heterocycles. The summed E-state index contributed by atoms with van der Waals surface area (Å²) in [6.07, 6.45) is 1.61. The average molecular weight is 468 g/mol. The molecule has 0 radical (unpaired) electrons. The van der Waals surface area contributed by atoms with Gasteiger partial charge in [0.25, 0.3) is 10.0 Å². The second kappa shape index (κ2) is 7.94. The third kappa shape index (κ3) is 3.67. The molecule has 2 aliphatic rings. The molecular weight excluding hydrogens is 442 g/mol. The van der Waals surface area contributed by atoms with E-state index in [9.17, 15) is 13.2 Å². The van der Waals surface area contributed by atoms with E-state index in [1.807, 2.05) is 31.2 Å². The number of hydrogen-bond donors (Lipinski definition) is 1. The number of benzene rings is 2. The standard InChI is InChI=1S/C24H25N3O3S2/c1-16-13-19-14-20(7-8-22(19)27(16)17(2)28)32(29,30)25-21-5-3-4-6-23(21)26-11-9-24-18(15-26)10-12-31-24/h3-8,10,12,14,16,25H,9,11,13,15H2,1-2H3/t16-/m0/s1. The van der Waals surface area contributed by atoms with Crippen LogP contribution in [0.5, 0.6) is 0 Å². The Labute approximate surface area is 192 Å². The Kier molecular flexibility index (Phi) is 5.22. The third-order valence-corrected chi connectivity index (χ3v) is 8.60. The van der Waals surface area contributed by atoms with Crippen molar-refractivity contribution < 1.29 is 13.2 Å². The second-order valence-corrected chi connectivity index (χ2v) is 11.1. The average Bonchev–Trinajstić information content (AvgIpc) is 3.35. The van der Waals surface area contributed by atoms with E-state index in [2.05, 4.69) is 21.1 Å². The molecule has 0 unspecified atom stereocenters. The van der Waals surface area contributed by atoms with E-state index in [0.29, 0.717) is 12.1 Å². The number of anilines is 3. The highest BCUT2D eigenvalue weighted by Gasteiger charge is 2.30. The van der Waals surface area contributed by atoms with Crippen molar-refractivity contribution in [3.8, 4) is 0 Å². The predicted octanol–water partition coefficient (Wildman–Crippen LogP) is 4.41. The molecular formula is C24H25N3O3S2. The molecule has 2 aromatic carbocycles. The van der Waals surface area contributed by atoms with Gasteiger partial charge in [0.15, 0.2) is 0 Å². The van der Waals surface area contributed by atoms with Crippen molar-refractivity contribution in [3.05, 3.63) is 69.9 Å². The van der Waals surface area contributed by atoms with Crippen molar-refractivity contribution in [3.63, 3.8) is 0 Å². The van der Waals surface area contributed by atoms with Gasteiger partial charge < -0.3 is 9.80 Å². The first kappa shape index (κ1) is 21.0. The molecule has 1 N–H and O–H groups in total. The summed E-state index contributed by atoms with van der Waals surface area (Å²) in [6.45, 7) is 5.13. The molecule has 3 aromatic rings. The molecule has 1 atom stereocenters. The lowest BCUT2D eigenvalue weighted by molar-refractivity contribution is -0.116. The minimum Gasteiger partial charge on any atom is -0.365 e. The van der Waals surface area contributed by atoms with Crippen LogP contribution in [0.1, 0.15) is 29.9 Å². The molecule has 0 aliphatic carbocycles. The molecule has 0 saturated carbocycles. The number of carbonyl (C=O) groups excluding carboxylic acids is 1. The third-order valence-electron chi connectivity index (χ3n) is 6.21. The number of nitrogens with zero attached hydrogens (tertiary/aromatic N) is 2. The number of fused-ring (bicyclic) bond motifs is 2. The van der Waals surface area contributed by atoms with Crippen LogP contribution in [0.15, 0.2) is 58.8 Å². The summed E-state index contributed by atoms with van der Waals surface area (Å²) in [6, 6.07) is 14.7. The van der Waals surface area contributed by atoms with Crippen molar-refractivity contribution in [2.45, 2.75) is 44.2 Å². The van der Waals surface area contributed by atoms with E-state index in [0.717, 1.165) is 36.4 Å². The molecule has 6 nitrogen and oxygen atoms in total. The predicted molar refractivity (Wildman–Crippen MR) is 129 cm³/mol. The van der Waals surface area contributed by atoms with Gasteiger partial charge in [-0.3, -0.25) is 9.52 Å². The van der Waals surface area contributed by atoms with Gasteiger partial charge in [-0.15, -0.1) is 11.3 Å². The van der Waals surface area contributed by atoms with Gasteiger partial charge >= 0.3 is 0 Å². The molecule has 5 rings (SSSR count). The Morgan fingerprint density at radius 2 is 1.91 bits per heavy atom. The molecule has 1 amide bonds. The quantitative estimate of drug-likeness (QED) is 0.617. The van der Waals surface area contributed by atoms with E-state index in [1.165, 1.54) is 17.4 Å². The van der Waals surface area contributed by atoms with E-state index in [1.54, 1.807) is 34.4 Å². The number of nitrogens with one attached hydrogen (secondary N) is 1. The lowest BCUT2D eigenvalue weighted by atomic mass is 10.1. The van der Waals surface area contributed by atoms with Crippen molar-refractivity contribution in [2.75, 3.05) is 21.1 Å². The number of para-hydroxylation sites is 2. The zero-order valence-electron chi connectivity index (χ0n) is 18.0. The molecule has 0 spiro atoms. The van der Waals surface area contributed by atoms with Crippen LogP contribution in [0, 0.1) is 0 Å². The lowest BCUT2D eigenvalue weighted by Crippen LogP contribution is -2.33. The number of sulfonamides is 1. The fraction of sp³-hybridized carbons (Fsp3) is 0.292. The van der Waals surface area contributed by atoms with E-state index >= 15 is 0 Å². The molecule has 0 bridgehead atoms. The molecule has 0 fully saturated rings. The Morgan fingerprint density at radius 1 is 1.09 bits per heavy atom. The minimum atomic E-state index is -3.78. The van der Waals surface area contributed by atoms with Gasteiger partial charge in [0, 0.05) is 36.6 Å². The molecule has 1 aromatic heterocycles. The highest BCUT2D eigenvalue weighted by Crippen LogP contribution is 2.36. The summed E-state index contributed by atoms with van der Waals surface area (Å²) >= 11 is 1.78. The van der Waals surface area contributed by atoms with Crippen molar-refractivity contribution in [2.24, 2.45) is 0 Å². The maximum absolute atomic E-state index is 13.3. The van der Waals surface area contributed by atoms with E-state index < -0.39 is 10.0 Å². The summed E-state index contributed by atoms with van der Waals surface area (Å²) < 4.78 is 29.4. The SMILES string of the molecule is CC(=O)N1c2ccc(S(=O)(=O)Nc3ccccc3N3CCc4sccc4C3)cc2C[C@@H]1C. The van der Waals surface area contributed by atoms with Crippen LogP contribution in [0.4, 0.5) is 17.1 Å². The van der Waals surface area contributed by atoms with Crippen LogP contribution in [0.3, 0.4) is 0 Å². The zero-order chi connectivity index (χ0) is 22.5. The summed E-state index contributed by atoms with van der Waals surface area (Å²) in [5.74, 6) is -0.0331. The molecule has 32 heavy (non-hydrogen) atoms. The lowest BCUT2D eigenvalue weighted by Gasteiger charge is -2.30. The monoisotopic (exact) mass is 467 g/mol. The first-order chi connectivity index (χ1) is 15.3. The van der Waals surface area contributed by atoms with Crippen LogP contribution in [-0.4, -0.2) is 26.9 Å². The number of hydrogen-bond acceptors (Lipinski definition) is 5. The van der Waals surface area contributed by atoms with Crippen LogP contribution in [0.25, 0.3) is 0 Å². The van der Waals surface area contributed by atoms with Crippen LogP contribution in [0.2, 0.25) is 0 Å². The maximum Gasteiger partial charge on any atom is 0.261 e. The summed E-state index contributed by atoms with van der Waals surface area (Å²) in [5, 5.41) is 2.12. The molecule has 0 saturated heterocycles. The molecule has 2 aliphatic heterocycles. The summed E-state index contributed by atoms with van der Waals surface area (Å²) in [4.78, 5) is 17.6. The van der Waals surface area contributed by atoms with Gasteiger partial charge in [-0.2, -0.15) is 0 Å². The van der Waals surface area contributed by atoms with Crippen molar-refractivity contribution in [1.29, 1.82) is 0 Å². The molecule has 8 heteroatoms. The number of thiophene rings is 1. The minimum absolute atomic E-state index is 0.0234. The maximum atomic E-state index is 13.3. The fourth-order valence-electron chi connectivity index (χ4n) is 4.75. The summed E-state index contributed by atoms with van der Waals surface area (Å²) in [5.41, 5.74) is 4.44. The van der Waals surface area contributed by atoms with Crippen LogP contribution >= 0.6 is 11.3 Å². The van der Waals surface area contributed by atoms with Gasteiger partial charge in [-0.1, -0.05) is 12.1 Å². The van der Waals surface area contributed by atoms with Crippen LogP contribution < -0.4 is 14.5 Å². The Morgan fingerprint density at radius 3 is 2.72 bits per heavy atom. The largest absolute Gasteiger partial charge is 0.365 e. The Balaban J connectivity index is 1.43. The highest BCUT2D eigenvalue weighted by atomic mass is 32.2. The number of amides is 1. The smallest absolute Gasteiger partial charge is 0.261 e. The number of carbonyl (C=O) groups is 1. The second-order valence-electron chi connectivity index (χ2n) is 8.40. The molecule has 166 valence electrons. The number of rotatable bonds is 4. The topological polar surface area (TPSA) is 69.7 Å². The van der Waals surface area contributed by atoms with Crippen LogP contribution in [-0.2, 0) is 34.2 Å². The van der Waals surface area contributed by atoms with Crippen molar-refractivity contribution >= 4 is 44.3 Å². The first-order valence-electron chi connectivity index (χ1n) is 10.7. The normalized spacial score (nSPS) is 17.8. The van der Waals surface area contributed by atoms with Gasteiger partial charge in [-0.05, 0) is 72.7 Å².